The fourth-order valence-electron chi connectivity index (χ4n) is 2.02. The van der Waals surface area contributed by atoms with E-state index in [0.717, 1.165) is 12.1 Å². The number of rotatable bonds is 7. The molecule has 0 aliphatic heterocycles. The second kappa shape index (κ2) is 6.79. The van der Waals surface area contributed by atoms with E-state index in [1.165, 1.54) is 24.8 Å². The zero-order chi connectivity index (χ0) is 12.6. The van der Waals surface area contributed by atoms with Gasteiger partial charge in [0.25, 0.3) is 0 Å². The molecule has 0 aromatic carbocycles. The van der Waals surface area contributed by atoms with Crippen molar-refractivity contribution in [3.63, 3.8) is 0 Å². The van der Waals surface area contributed by atoms with Gasteiger partial charge in [-0.3, -0.25) is 10.1 Å². The third-order valence-electron chi connectivity index (χ3n) is 3.02. The lowest BCUT2D eigenvalue weighted by atomic mass is 10.0. The quantitative estimate of drug-likeness (QED) is 0.732. The van der Waals surface area contributed by atoms with E-state index >= 15 is 0 Å². The standard InChI is InChI=1S/C14H20N4/c1-2-3-4-7-14(12-9-16-17-10-12)18-13-6-5-8-15-11-13/h5-6,8-11,14,18H,2-4,7H2,1H3,(H,16,17). The molecule has 2 N–H and O–H groups in total. The maximum atomic E-state index is 4.13. The summed E-state index contributed by atoms with van der Waals surface area (Å²) in [4.78, 5) is 4.13. The Morgan fingerprint density at radius 2 is 2.28 bits per heavy atom. The third kappa shape index (κ3) is 3.58. The maximum absolute atomic E-state index is 4.13. The van der Waals surface area contributed by atoms with Crippen LogP contribution in [-0.4, -0.2) is 15.2 Å². The van der Waals surface area contributed by atoms with Crippen LogP contribution < -0.4 is 5.32 Å². The van der Waals surface area contributed by atoms with Crippen LogP contribution in [0.25, 0.3) is 0 Å². The molecule has 4 heteroatoms. The van der Waals surface area contributed by atoms with Crippen molar-refractivity contribution in [2.45, 2.75) is 38.6 Å². The Morgan fingerprint density at radius 1 is 1.33 bits per heavy atom. The normalized spacial score (nSPS) is 12.3. The van der Waals surface area contributed by atoms with Crippen molar-refractivity contribution in [1.29, 1.82) is 0 Å². The van der Waals surface area contributed by atoms with E-state index in [1.807, 2.05) is 30.7 Å². The van der Waals surface area contributed by atoms with E-state index < -0.39 is 0 Å². The highest BCUT2D eigenvalue weighted by molar-refractivity contribution is 5.42. The van der Waals surface area contributed by atoms with Gasteiger partial charge in [0.2, 0.25) is 0 Å². The number of H-pyrrole nitrogens is 1. The molecule has 2 heterocycles. The largest absolute Gasteiger partial charge is 0.377 e. The Labute approximate surface area is 108 Å². The van der Waals surface area contributed by atoms with Crippen LogP contribution in [0.4, 0.5) is 5.69 Å². The molecule has 0 bridgehead atoms. The van der Waals surface area contributed by atoms with Crippen LogP contribution >= 0.6 is 0 Å². The monoisotopic (exact) mass is 244 g/mol. The molecule has 4 nitrogen and oxygen atoms in total. The average Bonchev–Trinajstić information content (AvgIpc) is 2.93. The number of hydrogen-bond acceptors (Lipinski definition) is 3. The molecular formula is C14H20N4. The second-order valence-electron chi connectivity index (χ2n) is 4.47. The number of pyridine rings is 1. The van der Waals surface area contributed by atoms with Crippen molar-refractivity contribution >= 4 is 5.69 Å². The van der Waals surface area contributed by atoms with Crippen LogP contribution in [0.5, 0.6) is 0 Å². The van der Waals surface area contributed by atoms with Crippen molar-refractivity contribution in [2.75, 3.05) is 5.32 Å². The number of nitrogens with one attached hydrogen (secondary N) is 2. The van der Waals surface area contributed by atoms with Crippen molar-refractivity contribution in [2.24, 2.45) is 0 Å². The minimum atomic E-state index is 0.305. The van der Waals surface area contributed by atoms with Crippen LogP contribution in [-0.2, 0) is 0 Å². The number of aromatic amines is 1. The lowest BCUT2D eigenvalue weighted by Crippen LogP contribution is -2.10. The van der Waals surface area contributed by atoms with Gasteiger partial charge in [-0.1, -0.05) is 26.2 Å². The summed E-state index contributed by atoms with van der Waals surface area (Å²) < 4.78 is 0. The molecule has 0 fully saturated rings. The van der Waals surface area contributed by atoms with E-state index in [0.29, 0.717) is 6.04 Å². The summed E-state index contributed by atoms with van der Waals surface area (Å²) in [6, 6.07) is 4.29. The SMILES string of the molecule is CCCCCC(Nc1cccnc1)c1cn[nH]c1. The van der Waals surface area contributed by atoms with Gasteiger partial charge in [0.05, 0.1) is 17.9 Å². The van der Waals surface area contributed by atoms with Gasteiger partial charge >= 0.3 is 0 Å². The molecule has 2 aromatic heterocycles. The summed E-state index contributed by atoms with van der Waals surface area (Å²) in [6.45, 7) is 2.22. The number of anilines is 1. The van der Waals surface area contributed by atoms with Gasteiger partial charge in [0.1, 0.15) is 0 Å². The summed E-state index contributed by atoms with van der Waals surface area (Å²) >= 11 is 0. The zero-order valence-electron chi connectivity index (χ0n) is 10.8. The summed E-state index contributed by atoms with van der Waals surface area (Å²) in [7, 11) is 0. The maximum Gasteiger partial charge on any atom is 0.0545 e. The molecule has 0 saturated carbocycles. The Bertz CT molecular complexity index is 424. The van der Waals surface area contributed by atoms with Gasteiger partial charge in [0.15, 0.2) is 0 Å². The fraction of sp³-hybridized carbons (Fsp3) is 0.429. The molecule has 2 rings (SSSR count). The first-order valence-electron chi connectivity index (χ1n) is 6.55. The van der Waals surface area contributed by atoms with E-state index in [9.17, 15) is 0 Å². The molecule has 0 spiro atoms. The number of unbranched alkanes of at least 4 members (excludes halogenated alkanes) is 2. The van der Waals surface area contributed by atoms with E-state index in [2.05, 4.69) is 27.4 Å². The molecule has 0 aliphatic rings. The van der Waals surface area contributed by atoms with Crippen LogP contribution in [0.2, 0.25) is 0 Å². The van der Waals surface area contributed by atoms with Crippen LogP contribution in [0.15, 0.2) is 36.9 Å². The molecule has 1 atom stereocenters. The first kappa shape index (κ1) is 12.6. The number of aromatic nitrogens is 3. The van der Waals surface area contributed by atoms with E-state index in [-0.39, 0.29) is 0 Å². The fourth-order valence-corrected chi connectivity index (χ4v) is 2.02. The highest BCUT2D eigenvalue weighted by atomic mass is 15.1. The lowest BCUT2D eigenvalue weighted by molar-refractivity contribution is 0.606. The van der Waals surface area contributed by atoms with Crippen LogP contribution in [0, 0.1) is 0 Å². The highest BCUT2D eigenvalue weighted by Crippen LogP contribution is 2.23. The molecule has 1 unspecified atom stereocenters. The first-order valence-corrected chi connectivity index (χ1v) is 6.55. The van der Waals surface area contributed by atoms with Crippen LogP contribution in [0.3, 0.4) is 0 Å². The zero-order valence-corrected chi connectivity index (χ0v) is 10.8. The van der Waals surface area contributed by atoms with Crippen LogP contribution in [0.1, 0.15) is 44.2 Å². The van der Waals surface area contributed by atoms with Gasteiger partial charge in [0, 0.05) is 24.2 Å². The molecular weight excluding hydrogens is 224 g/mol. The Balaban J connectivity index is 2.01. The van der Waals surface area contributed by atoms with E-state index in [1.54, 1.807) is 6.20 Å². The van der Waals surface area contributed by atoms with E-state index in [4.69, 9.17) is 0 Å². The van der Waals surface area contributed by atoms with Gasteiger partial charge in [-0.25, -0.2) is 0 Å². The third-order valence-corrected chi connectivity index (χ3v) is 3.02. The van der Waals surface area contributed by atoms with Gasteiger partial charge in [-0.2, -0.15) is 5.10 Å². The molecule has 2 aromatic rings. The predicted octanol–water partition coefficient (Wildman–Crippen LogP) is 3.54. The van der Waals surface area contributed by atoms with Crippen molar-refractivity contribution in [1.82, 2.24) is 15.2 Å². The van der Waals surface area contributed by atoms with Crippen molar-refractivity contribution in [3.05, 3.63) is 42.5 Å². The molecule has 96 valence electrons. The molecule has 0 radical (unpaired) electrons. The molecule has 0 saturated heterocycles. The number of nitrogens with zero attached hydrogens (tertiary/aromatic N) is 2. The summed E-state index contributed by atoms with van der Waals surface area (Å²) in [6.07, 6.45) is 12.3. The summed E-state index contributed by atoms with van der Waals surface area (Å²) in [5.41, 5.74) is 2.26. The summed E-state index contributed by atoms with van der Waals surface area (Å²) in [5.74, 6) is 0. The van der Waals surface area contributed by atoms with Gasteiger partial charge < -0.3 is 5.32 Å². The molecule has 18 heavy (non-hydrogen) atoms. The Kier molecular flexibility index (Phi) is 4.76. The Hall–Kier alpha value is -1.84. The molecule has 0 amide bonds. The minimum Gasteiger partial charge on any atom is -0.377 e. The lowest BCUT2D eigenvalue weighted by Gasteiger charge is -2.18. The smallest absolute Gasteiger partial charge is 0.0545 e. The average molecular weight is 244 g/mol. The molecule has 0 aliphatic carbocycles. The minimum absolute atomic E-state index is 0.305. The topological polar surface area (TPSA) is 53.6 Å². The van der Waals surface area contributed by atoms with Gasteiger partial charge in [-0.15, -0.1) is 0 Å². The van der Waals surface area contributed by atoms with Gasteiger partial charge in [-0.05, 0) is 18.6 Å². The number of hydrogen-bond donors (Lipinski definition) is 2. The summed E-state index contributed by atoms with van der Waals surface area (Å²) in [5, 5.41) is 10.4. The highest BCUT2D eigenvalue weighted by Gasteiger charge is 2.12. The second-order valence-corrected chi connectivity index (χ2v) is 4.47. The first-order chi connectivity index (χ1) is 8.90. The van der Waals surface area contributed by atoms with Crippen molar-refractivity contribution < 1.29 is 0 Å². The Morgan fingerprint density at radius 3 is 2.94 bits per heavy atom. The predicted molar refractivity (Wildman–Crippen MR) is 73.3 cm³/mol. The van der Waals surface area contributed by atoms with Crippen molar-refractivity contribution in [3.8, 4) is 0 Å².